The number of carbonyl (C=O) groups excluding carboxylic acids is 1. The van der Waals surface area contributed by atoms with Crippen LogP contribution in [0.1, 0.15) is 15.9 Å². The van der Waals surface area contributed by atoms with E-state index in [9.17, 15) is 13.2 Å². The number of aldehydes is 1. The normalized spacial score (nSPS) is 11.1. The minimum atomic E-state index is -3.78. The van der Waals surface area contributed by atoms with E-state index in [0.717, 1.165) is 5.56 Å². The third-order valence-electron chi connectivity index (χ3n) is 3.70. The van der Waals surface area contributed by atoms with Crippen LogP contribution in [-0.2, 0) is 10.0 Å². The lowest BCUT2D eigenvalue weighted by molar-refractivity contribution is 0.112. The molecule has 0 atom stereocenters. The molecule has 0 fully saturated rings. The van der Waals surface area contributed by atoms with Gasteiger partial charge in [-0.2, -0.15) is 0 Å². The Kier molecular flexibility index (Phi) is 4.63. The van der Waals surface area contributed by atoms with Gasteiger partial charge >= 0.3 is 0 Å². The number of anilines is 1. The molecule has 0 saturated carbocycles. The second kappa shape index (κ2) is 6.86. The number of hydrogen-bond donors (Lipinski definition) is 1. The summed E-state index contributed by atoms with van der Waals surface area (Å²) < 4.78 is 27.9. The van der Waals surface area contributed by atoms with E-state index in [-0.39, 0.29) is 4.90 Å². The number of rotatable bonds is 5. The average Bonchev–Trinajstić information content (AvgIpc) is 2.62. The molecular weight excluding hydrogens is 336 g/mol. The highest BCUT2D eigenvalue weighted by Gasteiger charge is 2.17. The Morgan fingerprint density at radius 1 is 1.00 bits per heavy atom. The molecule has 5 nitrogen and oxygen atoms in total. The predicted octanol–water partition coefficient (Wildman–Crippen LogP) is 3.67. The number of aromatic nitrogens is 1. The molecule has 0 bridgehead atoms. The molecule has 0 radical (unpaired) electrons. The van der Waals surface area contributed by atoms with E-state index in [1.54, 1.807) is 54.7 Å². The summed E-state index contributed by atoms with van der Waals surface area (Å²) in [5.41, 5.74) is 2.87. The molecule has 25 heavy (non-hydrogen) atoms. The standard InChI is InChI=1S/C19H16N2O3S/c1-14-5-8-16(9-6-14)25(23,24)21-19-12-15(13-22)7-10-17(19)18-4-2-3-11-20-18/h2-13,21H,1H3. The first-order valence-electron chi connectivity index (χ1n) is 7.60. The van der Waals surface area contributed by atoms with Crippen molar-refractivity contribution in [2.75, 3.05) is 4.72 Å². The molecule has 3 aromatic rings. The lowest BCUT2D eigenvalue weighted by atomic mass is 10.1. The minimum Gasteiger partial charge on any atom is -0.298 e. The van der Waals surface area contributed by atoms with Gasteiger partial charge in [0.1, 0.15) is 6.29 Å². The van der Waals surface area contributed by atoms with Gasteiger partial charge in [0.15, 0.2) is 0 Å². The number of nitrogens with one attached hydrogen (secondary N) is 1. The number of carbonyl (C=O) groups is 1. The Balaban J connectivity index is 2.06. The molecule has 0 aliphatic rings. The predicted molar refractivity (Wildman–Crippen MR) is 97.0 cm³/mol. The van der Waals surface area contributed by atoms with Crippen LogP contribution in [0.4, 0.5) is 5.69 Å². The first kappa shape index (κ1) is 16.9. The lowest BCUT2D eigenvalue weighted by Gasteiger charge is -2.13. The van der Waals surface area contributed by atoms with Gasteiger partial charge in [0.2, 0.25) is 0 Å². The molecule has 1 heterocycles. The van der Waals surface area contributed by atoms with Gasteiger partial charge in [0, 0.05) is 17.3 Å². The van der Waals surface area contributed by atoms with Crippen molar-refractivity contribution in [2.45, 2.75) is 11.8 Å². The van der Waals surface area contributed by atoms with E-state index >= 15 is 0 Å². The highest BCUT2D eigenvalue weighted by atomic mass is 32.2. The molecule has 126 valence electrons. The molecule has 1 N–H and O–H groups in total. The second-order valence-electron chi connectivity index (χ2n) is 5.56. The summed E-state index contributed by atoms with van der Waals surface area (Å²) in [6, 6.07) is 16.7. The topological polar surface area (TPSA) is 76.1 Å². The van der Waals surface area contributed by atoms with Crippen molar-refractivity contribution in [2.24, 2.45) is 0 Å². The lowest BCUT2D eigenvalue weighted by Crippen LogP contribution is -2.14. The fourth-order valence-corrected chi connectivity index (χ4v) is 3.46. The number of pyridine rings is 1. The van der Waals surface area contributed by atoms with Gasteiger partial charge in [-0.3, -0.25) is 14.5 Å². The Morgan fingerprint density at radius 2 is 1.76 bits per heavy atom. The smallest absolute Gasteiger partial charge is 0.261 e. The number of sulfonamides is 1. The van der Waals surface area contributed by atoms with Gasteiger partial charge in [-0.15, -0.1) is 0 Å². The van der Waals surface area contributed by atoms with Crippen molar-refractivity contribution in [1.82, 2.24) is 4.98 Å². The number of hydrogen-bond acceptors (Lipinski definition) is 4. The zero-order chi connectivity index (χ0) is 17.9. The van der Waals surface area contributed by atoms with Crippen LogP contribution in [0.15, 0.2) is 71.8 Å². The molecule has 2 aromatic carbocycles. The molecule has 6 heteroatoms. The van der Waals surface area contributed by atoms with Crippen molar-refractivity contribution in [1.29, 1.82) is 0 Å². The van der Waals surface area contributed by atoms with E-state index in [2.05, 4.69) is 9.71 Å². The monoisotopic (exact) mass is 352 g/mol. The highest BCUT2D eigenvalue weighted by molar-refractivity contribution is 7.92. The van der Waals surface area contributed by atoms with Crippen molar-refractivity contribution in [3.8, 4) is 11.3 Å². The molecule has 0 amide bonds. The summed E-state index contributed by atoms with van der Waals surface area (Å²) in [4.78, 5) is 15.5. The maximum absolute atomic E-state index is 12.7. The van der Waals surface area contributed by atoms with Crippen molar-refractivity contribution < 1.29 is 13.2 Å². The Morgan fingerprint density at radius 3 is 2.40 bits per heavy atom. The van der Waals surface area contributed by atoms with Crippen LogP contribution < -0.4 is 4.72 Å². The van der Waals surface area contributed by atoms with Crippen LogP contribution in [0.2, 0.25) is 0 Å². The van der Waals surface area contributed by atoms with E-state index in [1.807, 2.05) is 13.0 Å². The van der Waals surface area contributed by atoms with Gasteiger partial charge in [0.25, 0.3) is 10.0 Å². The summed E-state index contributed by atoms with van der Waals surface area (Å²) in [5.74, 6) is 0. The fraction of sp³-hybridized carbons (Fsp3) is 0.0526. The van der Waals surface area contributed by atoms with Crippen LogP contribution in [0.25, 0.3) is 11.3 Å². The summed E-state index contributed by atoms with van der Waals surface area (Å²) in [6.07, 6.45) is 2.30. The van der Waals surface area contributed by atoms with Crippen LogP contribution in [0, 0.1) is 6.92 Å². The third kappa shape index (κ3) is 3.75. The SMILES string of the molecule is Cc1ccc(S(=O)(=O)Nc2cc(C=O)ccc2-c2ccccn2)cc1. The number of benzene rings is 2. The number of aryl methyl sites for hydroxylation is 1. The van der Waals surface area contributed by atoms with Crippen LogP contribution in [-0.4, -0.2) is 19.7 Å². The molecule has 0 aliphatic carbocycles. The van der Waals surface area contributed by atoms with Crippen molar-refractivity contribution in [3.63, 3.8) is 0 Å². The highest BCUT2D eigenvalue weighted by Crippen LogP contribution is 2.29. The zero-order valence-corrected chi connectivity index (χ0v) is 14.3. The molecule has 0 spiro atoms. The summed E-state index contributed by atoms with van der Waals surface area (Å²) in [7, 11) is -3.78. The zero-order valence-electron chi connectivity index (χ0n) is 13.5. The van der Waals surface area contributed by atoms with Crippen LogP contribution in [0.3, 0.4) is 0 Å². The summed E-state index contributed by atoms with van der Waals surface area (Å²) in [6.45, 7) is 1.89. The molecule has 1 aromatic heterocycles. The first-order valence-corrected chi connectivity index (χ1v) is 9.08. The maximum atomic E-state index is 12.7. The maximum Gasteiger partial charge on any atom is 0.261 e. The fourth-order valence-electron chi connectivity index (χ4n) is 2.39. The Bertz CT molecular complexity index is 999. The molecular formula is C19H16N2O3S. The van der Waals surface area contributed by atoms with Crippen molar-refractivity contribution >= 4 is 22.0 Å². The summed E-state index contributed by atoms with van der Waals surface area (Å²) in [5, 5.41) is 0. The van der Waals surface area contributed by atoms with E-state index in [0.29, 0.717) is 28.8 Å². The summed E-state index contributed by atoms with van der Waals surface area (Å²) >= 11 is 0. The van der Waals surface area contributed by atoms with Gasteiger partial charge in [0.05, 0.1) is 16.3 Å². The molecule has 0 saturated heterocycles. The number of nitrogens with zero attached hydrogens (tertiary/aromatic N) is 1. The van der Waals surface area contributed by atoms with Crippen molar-refractivity contribution in [3.05, 3.63) is 78.0 Å². The minimum absolute atomic E-state index is 0.154. The average molecular weight is 352 g/mol. The van der Waals surface area contributed by atoms with Gasteiger partial charge in [-0.1, -0.05) is 29.8 Å². The quantitative estimate of drug-likeness (QED) is 0.711. The van der Waals surface area contributed by atoms with Crippen LogP contribution in [0.5, 0.6) is 0 Å². The van der Waals surface area contributed by atoms with E-state index in [4.69, 9.17) is 0 Å². The second-order valence-corrected chi connectivity index (χ2v) is 7.24. The third-order valence-corrected chi connectivity index (χ3v) is 5.08. The molecule has 3 rings (SSSR count). The van der Waals surface area contributed by atoms with E-state index in [1.165, 1.54) is 6.07 Å². The largest absolute Gasteiger partial charge is 0.298 e. The Labute approximate surface area is 146 Å². The molecule has 0 unspecified atom stereocenters. The van der Waals surface area contributed by atoms with Gasteiger partial charge in [-0.25, -0.2) is 8.42 Å². The van der Waals surface area contributed by atoms with Gasteiger partial charge in [-0.05, 0) is 43.3 Å². The molecule has 0 aliphatic heterocycles. The Hall–Kier alpha value is -2.99. The first-order chi connectivity index (χ1) is 12.0. The van der Waals surface area contributed by atoms with Crippen LogP contribution >= 0.6 is 0 Å². The van der Waals surface area contributed by atoms with Gasteiger partial charge < -0.3 is 0 Å². The van der Waals surface area contributed by atoms with E-state index < -0.39 is 10.0 Å².